The van der Waals surface area contributed by atoms with Crippen molar-refractivity contribution in [1.82, 2.24) is 5.32 Å². The van der Waals surface area contributed by atoms with Crippen LogP contribution in [0.1, 0.15) is 26.7 Å². The van der Waals surface area contributed by atoms with Gasteiger partial charge < -0.3 is 35.3 Å². The Morgan fingerprint density at radius 1 is 1.15 bits per heavy atom. The summed E-state index contributed by atoms with van der Waals surface area (Å²) in [5, 5.41) is 39.3. The number of ketones is 1. The van der Waals surface area contributed by atoms with Gasteiger partial charge in [0.2, 0.25) is 5.91 Å². The number of aliphatic hydroxyl groups is 4. The summed E-state index contributed by atoms with van der Waals surface area (Å²) >= 11 is 0. The second-order valence-electron chi connectivity index (χ2n) is 4.55. The third kappa shape index (κ3) is 7.51. The van der Waals surface area contributed by atoms with Crippen LogP contribution < -0.4 is 5.32 Å². The number of carbonyl (C=O) groups is 2. The van der Waals surface area contributed by atoms with Crippen LogP contribution in [0.2, 0.25) is 0 Å². The Labute approximate surface area is 117 Å². The number of aliphatic hydroxyl groups excluding tert-OH is 4. The zero-order valence-corrected chi connectivity index (χ0v) is 11.7. The SMILES string of the molecule is CC(=O)CCC(=O)N[C@H](CO)C(O)OC(CO)[C@H](C)O. The molecule has 8 nitrogen and oxygen atoms in total. The topological polar surface area (TPSA) is 136 Å². The van der Waals surface area contributed by atoms with Crippen LogP contribution in [0.15, 0.2) is 0 Å². The molecule has 0 aromatic heterocycles. The highest BCUT2D eigenvalue weighted by Gasteiger charge is 2.26. The van der Waals surface area contributed by atoms with Gasteiger partial charge in [-0.05, 0) is 13.8 Å². The van der Waals surface area contributed by atoms with Gasteiger partial charge in [-0.25, -0.2) is 0 Å². The summed E-state index contributed by atoms with van der Waals surface area (Å²) in [5.41, 5.74) is 0. The van der Waals surface area contributed by atoms with Crippen molar-refractivity contribution in [3.63, 3.8) is 0 Å². The predicted molar refractivity (Wildman–Crippen MR) is 68.6 cm³/mol. The molecule has 0 fully saturated rings. The highest BCUT2D eigenvalue weighted by Crippen LogP contribution is 2.05. The first-order valence-electron chi connectivity index (χ1n) is 6.33. The van der Waals surface area contributed by atoms with Crippen molar-refractivity contribution in [1.29, 1.82) is 0 Å². The van der Waals surface area contributed by atoms with Gasteiger partial charge in [0.05, 0.1) is 19.3 Å². The first-order valence-corrected chi connectivity index (χ1v) is 6.33. The zero-order valence-electron chi connectivity index (χ0n) is 11.7. The van der Waals surface area contributed by atoms with E-state index in [1.807, 2.05) is 0 Å². The van der Waals surface area contributed by atoms with E-state index in [4.69, 9.17) is 14.9 Å². The number of amides is 1. The lowest BCUT2D eigenvalue weighted by Crippen LogP contribution is -2.49. The molecule has 0 aliphatic heterocycles. The number of hydrogen-bond acceptors (Lipinski definition) is 7. The third-order valence-electron chi connectivity index (χ3n) is 2.62. The maximum Gasteiger partial charge on any atom is 0.220 e. The molecule has 0 aliphatic carbocycles. The minimum Gasteiger partial charge on any atom is -0.394 e. The fourth-order valence-electron chi connectivity index (χ4n) is 1.36. The van der Waals surface area contributed by atoms with E-state index in [1.165, 1.54) is 13.8 Å². The number of rotatable bonds is 10. The second-order valence-corrected chi connectivity index (χ2v) is 4.55. The van der Waals surface area contributed by atoms with E-state index in [1.54, 1.807) is 0 Å². The van der Waals surface area contributed by atoms with Gasteiger partial charge in [-0.2, -0.15) is 0 Å². The molecule has 0 spiro atoms. The quantitative estimate of drug-likeness (QED) is 0.291. The smallest absolute Gasteiger partial charge is 0.220 e. The van der Waals surface area contributed by atoms with Gasteiger partial charge in [-0.1, -0.05) is 0 Å². The van der Waals surface area contributed by atoms with E-state index in [0.717, 1.165) is 0 Å². The molecule has 0 radical (unpaired) electrons. The van der Waals surface area contributed by atoms with E-state index in [9.17, 15) is 19.8 Å². The maximum atomic E-state index is 11.5. The zero-order chi connectivity index (χ0) is 15.7. The lowest BCUT2D eigenvalue weighted by atomic mass is 10.2. The monoisotopic (exact) mass is 293 g/mol. The Bertz CT molecular complexity index is 308. The normalized spacial score (nSPS) is 17.1. The number of nitrogens with one attached hydrogen (secondary N) is 1. The molecular weight excluding hydrogens is 270 g/mol. The number of Topliss-reactive ketones (excluding diaryl/α,β-unsaturated/α-hetero) is 1. The number of hydrogen-bond donors (Lipinski definition) is 5. The van der Waals surface area contributed by atoms with Crippen molar-refractivity contribution in [2.24, 2.45) is 0 Å². The van der Waals surface area contributed by atoms with Gasteiger partial charge in [-0.15, -0.1) is 0 Å². The molecule has 0 saturated carbocycles. The van der Waals surface area contributed by atoms with E-state index in [2.05, 4.69) is 5.32 Å². The van der Waals surface area contributed by atoms with E-state index < -0.39 is 43.7 Å². The highest BCUT2D eigenvalue weighted by molar-refractivity contribution is 5.83. The Morgan fingerprint density at radius 3 is 2.15 bits per heavy atom. The molecule has 0 heterocycles. The first-order chi connectivity index (χ1) is 9.31. The van der Waals surface area contributed by atoms with Crippen LogP contribution in [-0.2, 0) is 14.3 Å². The summed E-state index contributed by atoms with van der Waals surface area (Å²) in [7, 11) is 0. The van der Waals surface area contributed by atoms with Gasteiger partial charge in [0.1, 0.15) is 17.9 Å². The minimum absolute atomic E-state index is 0.0572. The van der Waals surface area contributed by atoms with Crippen LogP contribution >= 0.6 is 0 Å². The van der Waals surface area contributed by atoms with Crippen molar-refractivity contribution in [2.45, 2.75) is 51.2 Å². The fraction of sp³-hybridized carbons (Fsp3) is 0.833. The molecule has 0 aromatic rings. The summed E-state index contributed by atoms with van der Waals surface area (Å²) in [6.45, 7) is 1.60. The summed E-state index contributed by atoms with van der Waals surface area (Å²) in [6, 6.07) is -1.11. The van der Waals surface area contributed by atoms with Crippen molar-refractivity contribution < 1.29 is 34.8 Å². The van der Waals surface area contributed by atoms with Crippen LogP contribution in [0.25, 0.3) is 0 Å². The van der Waals surface area contributed by atoms with E-state index >= 15 is 0 Å². The Kier molecular flexibility index (Phi) is 9.26. The molecule has 1 amide bonds. The molecule has 20 heavy (non-hydrogen) atoms. The average Bonchev–Trinajstić information content (AvgIpc) is 2.38. The van der Waals surface area contributed by atoms with Crippen molar-refractivity contribution in [3.8, 4) is 0 Å². The van der Waals surface area contributed by atoms with Gasteiger partial charge in [-0.3, -0.25) is 4.79 Å². The average molecular weight is 293 g/mol. The molecule has 0 bridgehead atoms. The van der Waals surface area contributed by atoms with Gasteiger partial charge >= 0.3 is 0 Å². The molecule has 118 valence electrons. The summed E-state index contributed by atoms with van der Waals surface area (Å²) in [5.74, 6) is -0.661. The fourth-order valence-corrected chi connectivity index (χ4v) is 1.36. The first kappa shape index (κ1) is 18.9. The van der Waals surface area contributed by atoms with Crippen molar-refractivity contribution in [2.75, 3.05) is 13.2 Å². The lowest BCUT2D eigenvalue weighted by Gasteiger charge is -2.27. The van der Waals surface area contributed by atoms with E-state index in [-0.39, 0.29) is 18.6 Å². The standard InChI is InChI=1S/C12H23NO7/c1-7(16)3-4-11(18)13-9(5-14)12(19)20-10(6-15)8(2)17/h8-10,12,14-15,17,19H,3-6H2,1-2H3,(H,13,18)/t8-,9+,10?,12?/m0/s1. The second kappa shape index (κ2) is 9.78. The number of carbonyl (C=O) groups excluding carboxylic acids is 2. The maximum absolute atomic E-state index is 11.5. The molecule has 8 heteroatoms. The third-order valence-corrected chi connectivity index (χ3v) is 2.62. The molecule has 0 rings (SSSR count). The number of ether oxygens (including phenoxy) is 1. The van der Waals surface area contributed by atoms with Gasteiger partial charge in [0.15, 0.2) is 6.29 Å². The van der Waals surface area contributed by atoms with Crippen molar-refractivity contribution in [3.05, 3.63) is 0 Å². The molecule has 2 unspecified atom stereocenters. The summed E-state index contributed by atoms with van der Waals surface area (Å²) < 4.78 is 4.95. The summed E-state index contributed by atoms with van der Waals surface area (Å²) in [4.78, 5) is 22.2. The largest absolute Gasteiger partial charge is 0.394 e. The predicted octanol–water partition coefficient (Wildman–Crippen LogP) is -2.09. The Hall–Kier alpha value is -1.06. The van der Waals surface area contributed by atoms with Crippen LogP contribution in [0, 0.1) is 0 Å². The molecule has 4 atom stereocenters. The lowest BCUT2D eigenvalue weighted by molar-refractivity contribution is -0.190. The minimum atomic E-state index is -1.59. The van der Waals surface area contributed by atoms with Crippen LogP contribution in [0.3, 0.4) is 0 Å². The Balaban J connectivity index is 4.36. The molecule has 0 aromatic carbocycles. The van der Waals surface area contributed by atoms with E-state index in [0.29, 0.717) is 0 Å². The molecule has 0 aliphatic rings. The highest BCUT2D eigenvalue weighted by atomic mass is 16.6. The van der Waals surface area contributed by atoms with Crippen LogP contribution in [0.4, 0.5) is 0 Å². The Morgan fingerprint density at radius 2 is 1.75 bits per heavy atom. The summed E-state index contributed by atoms with van der Waals surface area (Å²) in [6.07, 6.45) is -3.64. The molecule has 0 saturated heterocycles. The van der Waals surface area contributed by atoms with Gasteiger partial charge in [0, 0.05) is 12.8 Å². The molecule has 5 N–H and O–H groups in total. The van der Waals surface area contributed by atoms with Crippen LogP contribution in [-0.4, -0.2) is 69.9 Å². The van der Waals surface area contributed by atoms with Crippen molar-refractivity contribution >= 4 is 11.7 Å². The molecular formula is C12H23NO7. The van der Waals surface area contributed by atoms with Gasteiger partial charge in [0.25, 0.3) is 0 Å². The van der Waals surface area contributed by atoms with Crippen LogP contribution in [0.5, 0.6) is 0 Å².